The number of sulfone groups is 1. The maximum Gasteiger partial charge on any atom is 0.175 e. The molecule has 1 unspecified atom stereocenters. The SMILES string of the molecule is CS(=O)(=O)c1ccc(C(N)CCO)c(Cl)c1.Cl. The molecule has 7 heteroatoms. The molecule has 3 N–H and O–H groups in total. The van der Waals surface area contributed by atoms with Gasteiger partial charge in [-0.2, -0.15) is 0 Å². The highest BCUT2D eigenvalue weighted by atomic mass is 35.5. The first-order chi connectivity index (χ1) is 7.36. The quantitative estimate of drug-likeness (QED) is 0.884. The predicted molar refractivity (Wildman–Crippen MR) is 70.4 cm³/mol. The van der Waals surface area contributed by atoms with Gasteiger partial charge < -0.3 is 10.8 Å². The molecule has 0 aromatic heterocycles. The van der Waals surface area contributed by atoms with Crippen LogP contribution in [0, 0.1) is 0 Å². The summed E-state index contributed by atoms with van der Waals surface area (Å²) < 4.78 is 22.5. The second-order valence-electron chi connectivity index (χ2n) is 3.57. The predicted octanol–water partition coefficient (Wildman–Crippen LogP) is 1.55. The van der Waals surface area contributed by atoms with E-state index >= 15 is 0 Å². The van der Waals surface area contributed by atoms with E-state index in [0.29, 0.717) is 17.0 Å². The Kier molecular flexibility index (Phi) is 6.43. The highest BCUT2D eigenvalue weighted by Gasteiger charge is 2.13. The van der Waals surface area contributed by atoms with Crippen molar-refractivity contribution in [3.63, 3.8) is 0 Å². The summed E-state index contributed by atoms with van der Waals surface area (Å²) in [6.45, 7) is -0.0364. The summed E-state index contributed by atoms with van der Waals surface area (Å²) in [5.41, 5.74) is 6.41. The van der Waals surface area contributed by atoms with Gasteiger partial charge in [-0.3, -0.25) is 0 Å². The maximum atomic E-state index is 11.3. The van der Waals surface area contributed by atoms with E-state index in [1.54, 1.807) is 6.07 Å². The van der Waals surface area contributed by atoms with Crippen molar-refractivity contribution >= 4 is 33.8 Å². The third kappa shape index (κ3) is 4.44. The molecule has 1 aromatic carbocycles. The first kappa shape index (κ1) is 16.7. The lowest BCUT2D eigenvalue weighted by Crippen LogP contribution is -2.12. The highest BCUT2D eigenvalue weighted by Crippen LogP contribution is 2.26. The summed E-state index contributed by atoms with van der Waals surface area (Å²) in [4.78, 5) is 0.164. The summed E-state index contributed by atoms with van der Waals surface area (Å²) in [5, 5.41) is 9.06. The van der Waals surface area contributed by atoms with E-state index in [1.807, 2.05) is 0 Å². The average molecular weight is 300 g/mol. The van der Waals surface area contributed by atoms with Crippen molar-refractivity contribution < 1.29 is 13.5 Å². The van der Waals surface area contributed by atoms with Gasteiger partial charge in [0.25, 0.3) is 0 Å². The minimum Gasteiger partial charge on any atom is -0.396 e. The molecule has 0 radical (unpaired) electrons. The van der Waals surface area contributed by atoms with Crippen LogP contribution in [0.5, 0.6) is 0 Å². The van der Waals surface area contributed by atoms with Gasteiger partial charge in [0, 0.05) is 23.9 Å². The molecular weight excluding hydrogens is 285 g/mol. The van der Waals surface area contributed by atoms with Gasteiger partial charge in [-0.05, 0) is 24.1 Å². The number of halogens is 2. The molecule has 0 amide bonds. The molecule has 1 rings (SSSR count). The first-order valence-corrected chi connectivity index (χ1v) is 6.99. The standard InChI is InChI=1S/C10H14ClNO3S.ClH/c1-16(14,15)7-2-3-8(9(11)6-7)10(12)4-5-13;/h2-3,6,10,13H,4-5,12H2,1H3;1H. The number of hydrogen-bond acceptors (Lipinski definition) is 4. The zero-order valence-corrected chi connectivity index (χ0v) is 11.6. The van der Waals surface area contributed by atoms with Gasteiger partial charge in [-0.25, -0.2) is 8.42 Å². The molecule has 4 nitrogen and oxygen atoms in total. The summed E-state index contributed by atoms with van der Waals surface area (Å²) in [6.07, 6.45) is 1.50. The van der Waals surface area contributed by atoms with Crippen molar-refractivity contribution in [1.82, 2.24) is 0 Å². The normalized spacial score (nSPS) is 12.9. The molecule has 17 heavy (non-hydrogen) atoms. The largest absolute Gasteiger partial charge is 0.396 e. The van der Waals surface area contributed by atoms with Crippen LogP contribution in [0.2, 0.25) is 5.02 Å². The fraction of sp³-hybridized carbons (Fsp3) is 0.400. The summed E-state index contributed by atoms with van der Waals surface area (Å²) >= 11 is 5.94. The van der Waals surface area contributed by atoms with Crippen LogP contribution >= 0.6 is 24.0 Å². The topological polar surface area (TPSA) is 80.4 Å². The third-order valence-electron chi connectivity index (χ3n) is 2.24. The maximum absolute atomic E-state index is 11.3. The van der Waals surface area contributed by atoms with Crippen molar-refractivity contribution in [3.8, 4) is 0 Å². The monoisotopic (exact) mass is 299 g/mol. The number of aliphatic hydroxyl groups is 1. The van der Waals surface area contributed by atoms with Crippen LogP contribution in [0.4, 0.5) is 0 Å². The fourth-order valence-electron chi connectivity index (χ4n) is 1.33. The Morgan fingerprint density at radius 3 is 2.47 bits per heavy atom. The minimum atomic E-state index is -3.25. The van der Waals surface area contributed by atoms with Crippen molar-refractivity contribution in [2.45, 2.75) is 17.4 Å². The van der Waals surface area contributed by atoms with Crippen LogP contribution in [-0.2, 0) is 9.84 Å². The Morgan fingerprint density at radius 1 is 1.47 bits per heavy atom. The molecule has 0 aliphatic heterocycles. The van der Waals surface area contributed by atoms with Crippen LogP contribution in [-0.4, -0.2) is 26.4 Å². The Morgan fingerprint density at radius 2 is 2.06 bits per heavy atom. The summed E-state index contributed by atoms with van der Waals surface area (Å²) in [6, 6.07) is 4.04. The van der Waals surface area contributed by atoms with Gasteiger partial charge in [-0.15, -0.1) is 12.4 Å². The summed E-state index contributed by atoms with van der Waals surface area (Å²) in [7, 11) is -3.25. The van der Waals surface area contributed by atoms with Gasteiger partial charge in [0.1, 0.15) is 0 Å². The Labute approximate surface area is 112 Å². The molecule has 0 saturated heterocycles. The van der Waals surface area contributed by atoms with E-state index in [2.05, 4.69) is 0 Å². The van der Waals surface area contributed by atoms with Crippen molar-refractivity contribution in [2.75, 3.05) is 12.9 Å². The molecule has 1 aromatic rings. The van der Waals surface area contributed by atoms with E-state index in [9.17, 15) is 8.42 Å². The lowest BCUT2D eigenvalue weighted by molar-refractivity contribution is 0.276. The fourth-order valence-corrected chi connectivity index (χ4v) is 2.37. The molecule has 0 aliphatic carbocycles. The number of hydrogen-bond donors (Lipinski definition) is 2. The van der Waals surface area contributed by atoms with Gasteiger partial charge in [0.15, 0.2) is 9.84 Å². The molecule has 0 bridgehead atoms. The van der Waals surface area contributed by atoms with Crippen LogP contribution < -0.4 is 5.73 Å². The highest BCUT2D eigenvalue weighted by molar-refractivity contribution is 7.90. The lowest BCUT2D eigenvalue weighted by Gasteiger charge is -2.12. The van der Waals surface area contributed by atoms with Crippen LogP contribution in [0.25, 0.3) is 0 Å². The third-order valence-corrected chi connectivity index (χ3v) is 3.68. The van der Waals surface area contributed by atoms with Gasteiger partial charge in [0.2, 0.25) is 0 Å². The first-order valence-electron chi connectivity index (χ1n) is 4.72. The van der Waals surface area contributed by atoms with Crippen LogP contribution in [0.1, 0.15) is 18.0 Å². The van der Waals surface area contributed by atoms with Gasteiger partial charge >= 0.3 is 0 Å². The van der Waals surface area contributed by atoms with Gasteiger partial charge in [0.05, 0.1) is 4.90 Å². The molecule has 98 valence electrons. The lowest BCUT2D eigenvalue weighted by atomic mass is 10.1. The molecule has 0 fully saturated rings. The Hall–Kier alpha value is -0.330. The second-order valence-corrected chi connectivity index (χ2v) is 6.00. The number of aliphatic hydroxyl groups excluding tert-OH is 1. The number of nitrogens with two attached hydrogens (primary N) is 1. The van der Waals surface area contributed by atoms with E-state index in [1.165, 1.54) is 12.1 Å². The molecule has 1 atom stereocenters. The molecule has 0 spiro atoms. The van der Waals surface area contributed by atoms with E-state index in [0.717, 1.165) is 6.26 Å². The average Bonchev–Trinajstić information content (AvgIpc) is 2.16. The molecule has 0 aliphatic rings. The van der Waals surface area contributed by atoms with E-state index in [-0.39, 0.29) is 30.0 Å². The number of rotatable bonds is 4. The Balaban J connectivity index is 0.00000256. The zero-order chi connectivity index (χ0) is 12.3. The van der Waals surface area contributed by atoms with Crippen LogP contribution in [0.15, 0.2) is 23.1 Å². The van der Waals surface area contributed by atoms with E-state index in [4.69, 9.17) is 22.4 Å². The van der Waals surface area contributed by atoms with Gasteiger partial charge in [-0.1, -0.05) is 17.7 Å². The zero-order valence-electron chi connectivity index (χ0n) is 9.26. The van der Waals surface area contributed by atoms with Crippen molar-refractivity contribution in [1.29, 1.82) is 0 Å². The molecule has 0 heterocycles. The second kappa shape index (κ2) is 6.56. The van der Waals surface area contributed by atoms with E-state index < -0.39 is 9.84 Å². The smallest absolute Gasteiger partial charge is 0.175 e. The molecular formula is C10H15Cl2NO3S. The number of benzene rings is 1. The molecule has 0 saturated carbocycles. The summed E-state index contributed by atoms with van der Waals surface area (Å²) in [5.74, 6) is 0. The Bertz CT molecular complexity index is 476. The van der Waals surface area contributed by atoms with Crippen LogP contribution in [0.3, 0.4) is 0 Å². The van der Waals surface area contributed by atoms with Crippen molar-refractivity contribution in [3.05, 3.63) is 28.8 Å². The minimum absolute atomic E-state index is 0. The van der Waals surface area contributed by atoms with Crippen molar-refractivity contribution in [2.24, 2.45) is 5.73 Å².